The van der Waals surface area contributed by atoms with Gasteiger partial charge in [-0.2, -0.15) is 4.31 Å². The number of hydrogen-bond acceptors (Lipinski definition) is 5. The molecule has 0 amide bonds. The Balaban J connectivity index is 2.33. The van der Waals surface area contributed by atoms with Crippen molar-refractivity contribution in [1.82, 2.24) is 4.31 Å². The topological polar surface area (TPSA) is 89.7 Å². The van der Waals surface area contributed by atoms with Crippen molar-refractivity contribution in [1.29, 1.82) is 0 Å². The van der Waals surface area contributed by atoms with Crippen LogP contribution in [-0.4, -0.2) is 38.9 Å². The molecule has 1 heterocycles. The first-order valence-electron chi connectivity index (χ1n) is 6.71. The molecule has 0 aliphatic carbocycles. The standard InChI is InChI=1S/C14H20N2O4S/c1-9-4-5-11(15)6-13(9)21(18,19)16-7-10(2)12(8-16)14(17)20-3/h4-6,10,12H,7-8,15H2,1-3H3. The molecule has 0 saturated carbocycles. The van der Waals surface area contributed by atoms with Gasteiger partial charge >= 0.3 is 5.97 Å². The largest absolute Gasteiger partial charge is 0.469 e. The molecule has 1 aliphatic heterocycles. The highest BCUT2D eigenvalue weighted by atomic mass is 32.2. The normalized spacial score (nSPS) is 23.2. The number of anilines is 1. The van der Waals surface area contributed by atoms with Gasteiger partial charge < -0.3 is 10.5 Å². The summed E-state index contributed by atoms with van der Waals surface area (Å²) in [6.45, 7) is 4.02. The number of carbonyl (C=O) groups excluding carboxylic acids is 1. The number of sulfonamides is 1. The van der Waals surface area contributed by atoms with E-state index in [1.165, 1.54) is 17.5 Å². The van der Waals surface area contributed by atoms with E-state index in [1.54, 1.807) is 19.1 Å². The van der Waals surface area contributed by atoms with Gasteiger partial charge in [0.15, 0.2) is 0 Å². The lowest BCUT2D eigenvalue weighted by Crippen LogP contribution is -2.30. The number of hydrogen-bond donors (Lipinski definition) is 1. The molecule has 2 rings (SSSR count). The van der Waals surface area contributed by atoms with Crippen LogP contribution >= 0.6 is 0 Å². The minimum absolute atomic E-state index is 0.0754. The van der Waals surface area contributed by atoms with Gasteiger partial charge in [-0.3, -0.25) is 4.79 Å². The summed E-state index contributed by atoms with van der Waals surface area (Å²) in [6.07, 6.45) is 0. The molecule has 0 spiro atoms. The minimum atomic E-state index is -3.65. The Labute approximate surface area is 124 Å². The van der Waals surface area contributed by atoms with Crippen LogP contribution in [0.5, 0.6) is 0 Å². The van der Waals surface area contributed by atoms with E-state index < -0.39 is 15.9 Å². The van der Waals surface area contributed by atoms with Crippen molar-refractivity contribution in [3.8, 4) is 0 Å². The van der Waals surface area contributed by atoms with Crippen molar-refractivity contribution in [2.45, 2.75) is 18.7 Å². The molecule has 1 aliphatic rings. The van der Waals surface area contributed by atoms with E-state index in [-0.39, 0.29) is 23.3 Å². The molecule has 7 heteroatoms. The predicted molar refractivity (Wildman–Crippen MR) is 79.0 cm³/mol. The van der Waals surface area contributed by atoms with Crippen LogP contribution in [-0.2, 0) is 19.6 Å². The molecule has 1 saturated heterocycles. The number of rotatable bonds is 3. The highest BCUT2D eigenvalue weighted by Crippen LogP contribution is 2.31. The molecule has 0 aromatic heterocycles. The maximum absolute atomic E-state index is 12.7. The molecule has 21 heavy (non-hydrogen) atoms. The monoisotopic (exact) mass is 312 g/mol. The molecular formula is C14H20N2O4S. The number of aryl methyl sites for hydroxylation is 1. The molecule has 2 atom stereocenters. The zero-order valence-electron chi connectivity index (χ0n) is 12.4. The Morgan fingerprint density at radius 3 is 2.67 bits per heavy atom. The summed E-state index contributed by atoms with van der Waals surface area (Å²) in [4.78, 5) is 11.9. The Morgan fingerprint density at radius 1 is 1.38 bits per heavy atom. The maximum Gasteiger partial charge on any atom is 0.310 e. The summed E-state index contributed by atoms with van der Waals surface area (Å²) < 4.78 is 31.5. The van der Waals surface area contributed by atoms with Gasteiger partial charge in [0.1, 0.15) is 0 Å². The molecule has 116 valence electrons. The number of nitrogens with two attached hydrogens (primary N) is 1. The number of carbonyl (C=O) groups is 1. The molecule has 1 aromatic rings. The fourth-order valence-corrected chi connectivity index (χ4v) is 4.44. The molecule has 6 nitrogen and oxygen atoms in total. The third-order valence-corrected chi connectivity index (χ3v) is 5.89. The van der Waals surface area contributed by atoms with Crippen molar-refractivity contribution in [3.05, 3.63) is 23.8 Å². The molecule has 2 unspecified atom stereocenters. The fourth-order valence-electron chi connectivity index (χ4n) is 2.61. The second kappa shape index (κ2) is 5.65. The number of esters is 1. The number of benzene rings is 1. The van der Waals surface area contributed by atoms with E-state index in [2.05, 4.69) is 0 Å². The zero-order chi connectivity index (χ0) is 15.8. The number of nitrogens with zero attached hydrogens (tertiary/aromatic N) is 1. The summed E-state index contributed by atoms with van der Waals surface area (Å²) in [7, 11) is -2.34. The lowest BCUT2D eigenvalue weighted by atomic mass is 9.99. The molecular weight excluding hydrogens is 292 g/mol. The van der Waals surface area contributed by atoms with Gasteiger partial charge in [-0.25, -0.2) is 8.42 Å². The van der Waals surface area contributed by atoms with Gasteiger partial charge in [0.2, 0.25) is 10.0 Å². The highest BCUT2D eigenvalue weighted by molar-refractivity contribution is 7.89. The SMILES string of the molecule is COC(=O)C1CN(S(=O)(=O)c2cc(N)ccc2C)CC1C. The van der Waals surface area contributed by atoms with Crippen molar-refractivity contribution in [2.75, 3.05) is 25.9 Å². The second-order valence-corrected chi connectivity index (χ2v) is 7.36. The molecule has 0 bridgehead atoms. The van der Waals surface area contributed by atoms with Crippen molar-refractivity contribution < 1.29 is 17.9 Å². The Bertz CT molecular complexity index is 657. The number of ether oxygens (including phenoxy) is 1. The molecule has 2 N–H and O–H groups in total. The van der Waals surface area contributed by atoms with E-state index in [9.17, 15) is 13.2 Å². The van der Waals surface area contributed by atoms with Crippen LogP contribution in [0.25, 0.3) is 0 Å². The van der Waals surface area contributed by atoms with Crippen LogP contribution in [0, 0.1) is 18.8 Å². The van der Waals surface area contributed by atoms with E-state index in [1.807, 2.05) is 6.92 Å². The first kappa shape index (κ1) is 15.8. The van der Waals surface area contributed by atoms with Crippen molar-refractivity contribution in [2.24, 2.45) is 11.8 Å². The molecule has 0 radical (unpaired) electrons. The summed E-state index contributed by atoms with van der Waals surface area (Å²) in [5.74, 6) is -0.871. The smallest absolute Gasteiger partial charge is 0.310 e. The predicted octanol–water partition coefficient (Wildman–Crippen LogP) is 1.01. The quantitative estimate of drug-likeness (QED) is 0.664. The van der Waals surface area contributed by atoms with Crippen LogP contribution in [0.2, 0.25) is 0 Å². The summed E-state index contributed by atoms with van der Waals surface area (Å²) in [5.41, 5.74) is 6.73. The van der Waals surface area contributed by atoms with Crippen LogP contribution in [0.1, 0.15) is 12.5 Å². The van der Waals surface area contributed by atoms with Crippen molar-refractivity contribution in [3.63, 3.8) is 0 Å². The molecule has 1 aromatic carbocycles. The lowest BCUT2D eigenvalue weighted by Gasteiger charge is -2.18. The van der Waals surface area contributed by atoms with Crippen molar-refractivity contribution >= 4 is 21.7 Å². The average molecular weight is 312 g/mol. The lowest BCUT2D eigenvalue weighted by molar-refractivity contribution is -0.145. The van der Waals surface area contributed by atoms with Gasteiger partial charge in [-0.1, -0.05) is 13.0 Å². The van der Waals surface area contributed by atoms with Gasteiger partial charge in [0.25, 0.3) is 0 Å². The van der Waals surface area contributed by atoms with Crippen LogP contribution in [0.4, 0.5) is 5.69 Å². The third kappa shape index (κ3) is 2.89. The second-order valence-electron chi connectivity index (χ2n) is 5.45. The van der Waals surface area contributed by atoms with E-state index in [0.717, 1.165) is 0 Å². The van der Waals surface area contributed by atoms with Gasteiger partial charge in [0.05, 0.1) is 17.9 Å². The Hall–Kier alpha value is -1.60. The van der Waals surface area contributed by atoms with E-state index in [4.69, 9.17) is 10.5 Å². The minimum Gasteiger partial charge on any atom is -0.469 e. The van der Waals surface area contributed by atoms with Gasteiger partial charge in [-0.05, 0) is 30.5 Å². The van der Waals surface area contributed by atoms with Crippen LogP contribution in [0.15, 0.2) is 23.1 Å². The average Bonchev–Trinajstić information content (AvgIpc) is 2.83. The third-order valence-electron chi connectivity index (χ3n) is 3.91. The van der Waals surface area contributed by atoms with Crippen LogP contribution < -0.4 is 5.73 Å². The number of nitrogen functional groups attached to an aromatic ring is 1. The van der Waals surface area contributed by atoms with Gasteiger partial charge in [-0.15, -0.1) is 0 Å². The summed E-state index contributed by atoms with van der Waals surface area (Å²) >= 11 is 0. The first-order valence-corrected chi connectivity index (χ1v) is 8.15. The zero-order valence-corrected chi connectivity index (χ0v) is 13.2. The van der Waals surface area contributed by atoms with Gasteiger partial charge in [0, 0.05) is 18.8 Å². The number of methoxy groups -OCH3 is 1. The van der Waals surface area contributed by atoms with E-state index >= 15 is 0 Å². The molecule has 1 fully saturated rings. The van der Waals surface area contributed by atoms with Crippen LogP contribution in [0.3, 0.4) is 0 Å². The Morgan fingerprint density at radius 2 is 2.05 bits per heavy atom. The van der Waals surface area contributed by atoms with E-state index in [0.29, 0.717) is 17.8 Å². The Kier molecular flexibility index (Phi) is 4.25. The summed E-state index contributed by atoms with van der Waals surface area (Å²) in [6, 6.07) is 4.80. The first-order chi connectivity index (χ1) is 9.77. The summed E-state index contributed by atoms with van der Waals surface area (Å²) in [5, 5.41) is 0. The fraction of sp³-hybridized carbons (Fsp3) is 0.500. The maximum atomic E-state index is 12.7. The highest BCUT2D eigenvalue weighted by Gasteiger charge is 2.41.